The molecule has 0 N–H and O–H groups in total. The van der Waals surface area contributed by atoms with E-state index in [1.54, 1.807) is 16.8 Å². The lowest BCUT2D eigenvalue weighted by atomic mass is 9.81. The molecular formula is C15H19N. The van der Waals surface area contributed by atoms with Gasteiger partial charge in [-0.2, -0.15) is 0 Å². The predicted molar refractivity (Wildman–Crippen MR) is 68.1 cm³/mol. The topological polar surface area (TPSA) is 3.24 Å². The van der Waals surface area contributed by atoms with Crippen molar-refractivity contribution in [2.75, 3.05) is 13.6 Å². The SMILES string of the molecule is CC1CC2=C(CCc3ccccc32)N(C)C1. The first-order valence-electron chi connectivity index (χ1n) is 6.27. The second-order valence-corrected chi connectivity index (χ2v) is 5.27. The Morgan fingerprint density at radius 3 is 2.88 bits per heavy atom. The highest BCUT2D eigenvalue weighted by molar-refractivity contribution is 5.73. The molecule has 0 aromatic heterocycles. The van der Waals surface area contributed by atoms with Crippen molar-refractivity contribution in [2.45, 2.75) is 26.2 Å². The van der Waals surface area contributed by atoms with Crippen LogP contribution < -0.4 is 0 Å². The van der Waals surface area contributed by atoms with Gasteiger partial charge in [-0.25, -0.2) is 0 Å². The minimum Gasteiger partial charge on any atom is -0.377 e. The Balaban J connectivity index is 2.12. The number of aryl methyl sites for hydroxylation is 1. The van der Waals surface area contributed by atoms with Crippen LogP contribution in [0.5, 0.6) is 0 Å². The number of hydrogen-bond donors (Lipinski definition) is 0. The van der Waals surface area contributed by atoms with Gasteiger partial charge in [-0.1, -0.05) is 31.2 Å². The molecule has 1 aromatic carbocycles. The van der Waals surface area contributed by atoms with Gasteiger partial charge in [-0.15, -0.1) is 0 Å². The molecule has 0 radical (unpaired) electrons. The third kappa shape index (κ3) is 1.46. The Morgan fingerprint density at radius 2 is 2.00 bits per heavy atom. The molecule has 1 atom stereocenters. The molecule has 0 saturated carbocycles. The van der Waals surface area contributed by atoms with Gasteiger partial charge in [0.05, 0.1) is 0 Å². The smallest absolute Gasteiger partial charge is 0.0200 e. The summed E-state index contributed by atoms with van der Waals surface area (Å²) in [7, 11) is 2.25. The number of fused-ring (bicyclic) bond motifs is 2. The highest BCUT2D eigenvalue weighted by Crippen LogP contribution is 2.39. The molecule has 1 aliphatic heterocycles. The largest absolute Gasteiger partial charge is 0.377 e. The normalized spacial score (nSPS) is 24.1. The summed E-state index contributed by atoms with van der Waals surface area (Å²) in [4.78, 5) is 2.47. The lowest BCUT2D eigenvalue weighted by Gasteiger charge is -2.37. The standard InChI is InChI=1S/C15H19N/c1-11-9-14-13-6-4-3-5-12(13)7-8-15(14)16(2)10-11/h3-6,11H,7-10H2,1-2H3. The zero-order valence-corrected chi connectivity index (χ0v) is 10.2. The van der Waals surface area contributed by atoms with Crippen molar-refractivity contribution in [1.29, 1.82) is 0 Å². The molecular weight excluding hydrogens is 194 g/mol. The Kier molecular flexibility index (Phi) is 2.27. The number of hydrogen-bond acceptors (Lipinski definition) is 1. The van der Waals surface area contributed by atoms with Crippen LogP contribution in [-0.2, 0) is 6.42 Å². The molecule has 2 aliphatic rings. The van der Waals surface area contributed by atoms with Gasteiger partial charge in [-0.3, -0.25) is 0 Å². The maximum Gasteiger partial charge on any atom is 0.0200 e. The maximum atomic E-state index is 2.47. The molecule has 1 unspecified atom stereocenters. The summed E-state index contributed by atoms with van der Waals surface area (Å²) in [6.45, 7) is 3.58. The van der Waals surface area contributed by atoms with E-state index in [1.165, 1.54) is 31.4 Å². The van der Waals surface area contributed by atoms with Gasteiger partial charge < -0.3 is 4.90 Å². The summed E-state index contributed by atoms with van der Waals surface area (Å²) in [6.07, 6.45) is 3.71. The number of benzene rings is 1. The van der Waals surface area contributed by atoms with Crippen LogP contribution >= 0.6 is 0 Å². The van der Waals surface area contributed by atoms with Crippen LogP contribution in [-0.4, -0.2) is 18.5 Å². The zero-order chi connectivity index (χ0) is 11.1. The van der Waals surface area contributed by atoms with Gasteiger partial charge in [0.2, 0.25) is 0 Å². The first-order chi connectivity index (χ1) is 7.75. The summed E-state index contributed by atoms with van der Waals surface area (Å²) in [5.74, 6) is 0.787. The molecule has 3 rings (SSSR count). The molecule has 0 spiro atoms. The van der Waals surface area contributed by atoms with Crippen molar-refractivity contribution >= 4 is 5.57 Å². The van der Waals surface area contributed by atoms with E-state index in [0.717, 1.165) is 5.92 Å². The minimum absolute atomic E-state index is 0.787. The molecule has 0 fully saturated rings. The van der Waals surface area contributed by atoms with E-state index in [2.05, 4.69) is 43.1 Å². The summed E-state index contributed by atoms with van der Waals surface area (Å²) < 4.78 is 0. The minimum atomic E-state index is 0.787. The quantitative estimate of drug-likeness (QED) is 0.639. The second-order valence-electron chi connectivity index (χ2n) is 5.27. The Morgan fingerprint density at radius 1 is 1.19 bits per heavy atom. The van der Waals surface area contributed by atoms with E-state index in [9.17, 15) is 0 Å². The first kappa shape index (κ1) is 9.95. The van der Waals surface area contributed by atoms with Gasteiger partial charge in [-0.05, 0) is 41.9 Å². The van der Waals surface area contributed by atoms with E-state index in [4.69, 9.17) is 0 Å². The zero-order valence-electron chi connectivity index (χ0n) is 10.2. The molecule has 1 aliphatic carbocycles. The predicted octanol–water partition coefficient (Wildman–Crippen LogP) is 3.32. The van der Waals surface area contributed by atoms with E-state index >= 15 is 0 Å². The fourth-order valence-corrected chi connectivity index (χ4v) is 3.23. The highest BCUT2D eigenvalue weighted by atomic mass is 15.1. The summed E-state index contributed by atoms with van der Waals surface area (Å²) in [5.41, 5.74) is 6.27. The van der Waals surface area contributed by atoms with Crippen molar-refractivity contribution in [3.8, 4) is 0 Å². The van der Waals surface area contributed by atoms with Crippen molar-refractivity contribution in [1.82, 2.24) is 4.90 Å². The molecule has 1 heteroatoms. The van der Waals surface area contributed by atoms with E-state index < -0.39 is 0 Å². The van der Waals surface area contributed by atoms with Crippen LogP contribution in [0.3, 0.4) is 0 Å². The summed E-state index contributed by atoms with van der Waals surface area (Å²) in [6, 6.07) is 8.93. The van der Waals surface area contributed by atoms with Crippen LogP contribution in [0.2, 0.25) is 0 Å². The van der Waals surface area contributed by atoms with Crippen LogP contribution in [0.25, 0.3) is 5.57 Å². The molecule has 0 bridgehead atoms. The molecule has 16 heavy (non-hydrogen) atoms. The second kappa shape index (κ2) is 3.65. The number of rotatable bonds is 0. The average Bonchev–Trinajstić information content (AvgIpc) is 2.28. The Labute approximate surface area is 97.8 Å². The van der Waals surface area contributed by atoms with Gasteiger partial charge in [0.1, 0.15) is 0 Å². The highest BCUT2D eigenvalue weighted by Gasteiger charge is 2.26. The molecule has 1 nitrogen and oxygen atoms in total. The number of nitrogens with zero attached hydrogens (tertiary/aromatic N) is 1. The van der Waals surface area contributed by atoms with Gasteiger partial charge in [0, 0.05) is 19.3 Å². The summed E-state index contributed by atoms with van der Waals surface area (Å²) >= 11 is 0. The van der Waals surface area contributed by atoms with E-state index in [0.29, 0.717) is 0 Å². The lowest BCUT2D eigenvalue weighted by Crippen LogP contribution is -2.31. The molecule has 1 heterocycles. The van der Waals surface area contributed by atoms with Crippen molar-refractivity contribution < 1.29 is 0 Å². The molecule has 0 saturated heterocycles. The molecule has 0 amide bonds. The van der Waals surface area contributed by atoms with Crippen LogP contribution in [0, 0.1) is 5.92 Å². The van der Waals surface area contributed by atoms with Crippen molar-refractivity contribution in [3.05, 3.63) is 41.1 Å². The van der Waals surface area contributed by atoms with Gasteiger partial charge in [0.15, 0.2) is 0 Å². The summed E-state index contributed by atoms with van der Waals surface area (Å²) in [5, 5.41) is 0. The van der Waals surface area contributed by atoms with Crippen LogP contribution in [0.4, 0.5) is 0 Å². The maximum absolute atomic E-state index is 2.47. The van der Waals surface area contributed by atoms with Gasteiger partial charge in [0.25, 0.3) is 0 Å². The lowest BCUT2D eigenvalue weighted by molar-refractivity contribution is 0.317. The van der Waals surface area contributed by atoms with Gasteiger partial charge >= 0.3 is 0 Å². The van der Waals surface area contributed by atoms with E-state index in [1.807, 2.05) is 0 Å². The average molecular weight is 213 g/mol. The Hall–Kier alpha value is -1.24. The number of allylic oxidation sites excluding steroid dienone is 2. The third-order valence-corrected chi connectivity index (χ3v) is 3.92. The third-order valence-electron chi connectivity index (χ3n) is 3.92. The fraction of sp³-hybridized carbons (Fsp3) is 0.467. The first-order valence-corrected chi connectivity index (χ1v) is 6.27. The molecule has 84 valence electrons. The van der Waals surface area contributed by atoms with E-state index in [-0.39, 0.29) is 0 Å². The van der Waals surface area contributed by atoms with Crippen molar-refractivity contribution in [3.63, 3.8) is 0 Å². The monoisotopic (exact) mass is 213 g/mol. The van der Waals surface area contributed by atoms with Crippen LogP contribution in [0.15, 0.2) is 30.0 Å². The van der Waals surface area contributed by atoms with Crippen molar-refractivity contribution in [2.24, 2.45) is 5.92 Å². The van der Waals surface area contributed by atoms with Crippen LogP contribution in [0.1, 0.15) is 30.9 Å². The molecule has 1 aromatic rings. The Bertz CT molecular complexity index is 445. The fourth-order valence-electron chi connectivity index (χ4n) is 3.23.